The van der Waals surface area contributed by atoms with Crippen LogP contribution in [0.1, 0.15) is 15.9 Å². The van der Waals surface area contributed by atoms with Gasteiger partial charge in [-0.05, 0) is 40.6 Å². The van der Waals surface area contributed by atoms with E-state index in [0.717, 1.165) is 10.8 Å². The highest BCUT2D eigenvalue weighted by atomic mass is 16.3. The first-order valence-electron chi connectivity index (χ1n) is 7.48. The lowest BCUT2D eigenvalue weighted by molar-refractivity contribution is -0.121. The largest absolute Gasteiger partial charge is 0.508 e. The highest BCUT2D eigenvalue weighted by Gasteiger charge is 2.09. The molecule has 0 aromatic heterocycles. The monoisotopic (exact) mass is 320 g/mol. The lowest BCUT2D eigenvalue weighted by Gasteiger charge is -2.08. The van der Waals surface area contributed by atoms with Crippen molar-refractivity contribution < 1.29 is 14.7 Å². The molecule has 0 heterocycles. The Bertz CT molecular complexity index is 906. The number of rotatable bonds is 3. The first-order chi connectivity index (χ1) is 11.6. The number of aromatic hydroxyl groups is 1. The molecular weight excluding hydrogens is 304 g/mol. The minimum Gasteiger partial charge on any atom is -0.508 e. The Hall–Kier alpha value is -3.34. The predicted octanol–water partition coefficient (Wildman–Crippen LogP) is 2.55. The van der Waals surface area contributed by atoms with E-state index in [2.05, 4.69) is 10.9 Å². The van der Waals surface area contributed by atoms with Gasteiger partial charge in [-0.25, -0.2) is 0 Å². The molecule has 0 spiro atoms. The van der Waals surface area contributed by atoms with E-state index in [0.29, 0.717) is 11.1 Å². The molecule has 0 unspecified atom stereocenters. The Morgan fingerprint density at radius 1 is 0.833 bits per heavy atom. The van der Waals surface area contributed by atoms with E-state index in [-0.39, 0.29) is 24.0 Å². The smallest absolute Gasteiger partial charge is 0.269 e. The third kappa shape index (κ3) is 3.70. The minimum atomic E-state index is -0.384. The van der Waals surface area contributed by atoms with Crippen LogP contribution in [-0.2, 0) is 11.2 Å². The van der Waals surface area contributed by atoms with Crippen molar-refractivity contribution in [2.75, 3.05) is 0 Å². The third-order valence-corrected chi connectivity index (χ3v) is 3.60. The van der Waals surface area contributed by atoms with Crippen LogP contribution in [0.3, 0.4) is 0 Å². The van der Waals surface area contributed by atoms with E-state index in [1.165, 1.54) is 12.1 Å². The summed E-state index contributed by atoms with van der Waals surface area (Å²) in [4.78, 5) is 24.0. The van der Waals surface area contributed by atoms with Gasteiger partial charge in [-0.2, -0.15) is 0 Å². The normalized spacial score (nSPS) is 10.3. The molecule has 0 bridgehead atoms. The summed E-state index contributed by atoms with van der Waals surface area (Å²) in [5.74, 6) is -0.653. The van der Waals surface area contributed by atoms with Gasteiger partial charge in [0.15, 0.2) is 0 Å². The summed E-state index contributed by atoms with van der Waals surface area (Å²) in [6.07, 6.45) is 0.0619. The van der Waals surface area contributed by atoms with Gasteiger partial charge in [-0.3, -0.25) is 20.4 Å². The Morgan fingerprint density at radius 2 is 1.62 bits per heavy atom. The van der Waals surface area contributed by atoms with Gasteiger partial charge in [0.2, 0.25) is 5.91 Å². The maximum absolute atomic E-state index is 12.1. The number of fused-ring (bicyclic) bond motifs is 1. The molecule has 120 valence electrons. The van der Waals surface area contributed by atoms with Crippen LogP contribution in [0.5, 0.6) is 5.75 Å². The molecule has 0 atom stereocenters. The quantitative estimate of drug-likeness (QED) is 0.649. The second-order valence-corrected chi connectivity index (χ2v) is 5.41. The lowest BCUT2D eigenvalue weighted by Crippen LogP contribution is -2.42. The van der Waals surface area contributed by atoms with Crippen molar-refractivity contribution in [1.82, 2.24) is 10.9 Å². The molecule has 0 aliphatic heterocycles. The zero-order valence-electron chi connectivity index (χ0n) is 12.8. The van der Waals surface area contributed by atoms with E-state index in [1.807, 2.05) is 30.3 Å². The van der Waals surface area contributed by atoms with Gasteiger partial charge in [0.05, 0.1) is 6.42 Å². The number of hydrogen-bond acceptors (Lipinski definition) is 3. The van der Waals surface area contributed by atoms with Crippen LogP contribution in [0.2, 0.25) is 0 Å². The minimum absolute atomic E-state index is 0.0619. The number of nitrogens with one attached hydrogen (secondary N) is 2. The third-order valence-electron chi connectivity index (χ3n) is 3.60. The van der Waals surface area contributed by atoms with Gasteiger partial charge in [0.1, 0.15) is 5.75 Å². The number of hydrogen-bond donors (Lipinski definition) is 3. The molecule has 0 fully saturated rings. The maximum Gasteiger partial charge on any atom is 0.269 e. The number of benzene rings is 3. The Balaban J connectivity index is 1.60. The number of hydrazine groups is 1. The van der Waals surface area contributed by atoms with Crippen LogP contribution in [-0.4, -0.2) is 16.9 Å². The van der Waals surface area contributed by atoms with Crippen LogP contribution in [0.4, 0.5) is 0 Å². The molecular formula is C19H16N2O3. The molecule has 5 nitrogen and oxygen atoms in total. The molecule has 3 rings (SSSR count). The summed E-state index contributed by atoms with van der Waals surface area (Å²) in [7, 11) is 0. The molecule has 5 heteroatoms. The highest BCUT2D eigenvalue weighted by Crippen LogP contribution is 2.15. The topological polar surface area (TPSA) is 78.4 Å². The molecule has 0 aliphatic carbocycles. The van der Waals surface area contributed by atoms with E-state index in [9.17, 15) is 14.7 Å². The molecule has 24 heavy (non-hydrogen) atoms. The molecule has 3 aromatic carbocycles. The number of phenolic OH excluding ortho intramolecular Hbond substituents is 1. The van der Waals surface area contributed by atoms with Gasteiger partial charge in [0, 0.05) is 5.56 Å². The zero-order chi connectivity index (χ0) is 16.9. The Labute approximate surface area is 138 Å². The second kappa shape index (κ2) is 6.83. The molecule has 0 saturated carbocycles. The first kappa shape index (κ1) is 15.6. The molecule has 3 aromatic rings. The van der Waals surface area contributed by atoms with Gasteiger partial charge >= 0.3 is 0 Å². The van der Waals surface area contributed by atoms with Crippen molar-refractivity contribution in [2.45, 2.75) is 6.42 Å². The fraction of sp³-hybridized carbons (Fsp3) is 0.0526. The van der Waals surface area contributed by atoms with Crippen molar-refractivity contribution >= 4 is 22.6 Å². The summed E-state index contributed by atoms with van der Waals surface area (Å²) in [5, 5.41) is 11.4. The van der Waals surface area contributed by atoms with Gasteiger partial charge < -0.3 is 5.11 Å². The number of amides is 2. The summed E-state index contributed by atoms with van der Waals surface area (Å²) in [6, 6.07) is 19.5. The maximum atomic E-state index is 12.1. The molecule has 0 aliphatic rings. The first-order valence-corrected chi connectivity index (χ1v) is 7.48. The fourth-order valence-corrected chi connectivity index (χ4v) is 2.43. The van der Waals surface area contributed by atoms with Crippen LogP contribution in [0, 0.1) is 0 Å². The van der Waals surface area contributed by atoms with Crippen LogP contribution in [0.25, 0.3) is 10.8 Å². The molecule has 3 N–H and O–H groups in total. The summed E-state index contributed by atoms with van der Waals surface area (Å²) >= 11 is 0. The summed E-state index contributed by atoms with van der Waals surface area (Å²) < 4.78 is 0. The van der Waals surface area contributed by atoms with E-state index < -0.39 is 0 Å². The number of carbonyl (C=O) groups excluding carboxylic acids is 2. The standard InChI is InChI=1S/C19H16N2O3/c22-17-7-3-4-13(10-17)11-18(23)20-21-19(24)16-9-8-14-5-1-2-6-15(14)12-16/h1-10,12,22H,11H2,(H,20,23)(H,21,24). The van der Waals surface area contributed by atoms with Crippen LogP contribution in [0.15, 0.2) is 66.7 Å². The van der Waals surface area contributed by atoms with E-state index >= 15 is 0 Å². The lowest BCUT2D eigenvalue weighted by atomic mass is 10.1. The highest BCUT2D eigenvalue weighted by molar-refractivity contribution is 5.99. The predicted molar refractivity (Wildman–Crippen MR) is 91.4 cm³/mol. The second-order valence-electron chi connectivity index (χ2n) is 5.41. The van der Waals surface area contributed by atoms with Crippen LogP contribution >= 0.6 is 0 Å². The zero-order valence-corrected chi connectivity index (χ0v) is 12.8. The van der Waals surface area contributed by atoms with Gasteiger partial charge in [-0.1, -0.05) is 42.5 Å². The Kier molecular flexibility index (Phi) is 4.43. The van der Waals surface area contributed by atoms with Gasteiger partial charge in [-0.15, -0.1) is 0 Å². The van der Waals surface area contributed by atoms with Crippen molar-refractivity contribution in [3.05, 3.63) is 77.9 Å². The molecule has 2 amide bonds. The SMILES string of the molecule is O=C(Cc1cccc(O)c1)NNC(=O)c1ccc2ccccc2c1. The number of carbonyl (C=O) groups is 2. The average molecular weight is 320 g/mol. The van der Waals surface area contributed by atoms with Crippen molar-refractivity contribution in [3.63, 3.8) is 0 Å². The van der Waals surface area contributed by atoms with E-state index in [4.69, 9.17) is 0 Å². The van der Waals surface area contributed by atoms with Crippen molar-refractivity contribution in [2.24, 2.45) is 0 Å². The van der Waals surface area contributed by atoms with Crippen molar-refractivity contribution in [3.8, 4) is 5.75 Å². The van der Waals surface area contributed by atoms with Crippen molar-refractivity contribution in [1.29, 1.82) is 0 Å². The van der Waals surface area contributed by atoms with Gasteiger partial charge in [0.25, 0.3) is 5.91 Å². The summed E-state index contributed by atoms with van der Waals surface area (Å²) in [5.41, 5.74) is 5.90. The van der Waals surface area contributed by atoms with Crippen LogP contribution < -0.4 is 10.9 Å². The number of phenols is 1. The average Bonchev–Trinajstić information content (AvgIpc) is 2.59. The molecule has 0 radical (unpaired) electrons. The van der Waals surface area contributed by atoms with E-state index in [1.54, 1.807) is 24.3 Å². The summed E-state index contributed by atoms with van der Waals surface area (Å²) in [6.45, 7) is 0. The Morgan fingerprint density at radius 3 is 2.42 bits per heavy atom. The fourth-order valence-electron chi connectivity index (χ4n) is 2.43. The molecule has 0 saturated heterocycles.